The van der Waals surface area contributed by atoms with E-state index in [2.05, 4.69) is 24.3 Å². The molecule has 22 heavy (non-hydrogen) atoms. The molecule has 0 fully saturated rings. The van der Waals surface area contributed by atoms with Crippen molar-refractivity contribution in [3.63, 3.8) is 0 Å². The molecule has 1 amide bonds. The minimum absolute atomic E-state index is 0.162. The highest BCUT2D eigenvalue weighted by molar-refractivity contribution is 5.76. The molecule has 7 heteroatoms. The summed E-state index contributed by atoms with van der Waals surface area (Å²) < 4.78 is 27.9. The maximum Gasteiger partial charge on any atom is 0.277 e. The standard InChI is InChI=1S/C15H26F2N4O/c1-10(2)7-21-12(4)13(11(3)20-21)5-6-14(22)19-9-15(16,17)8-18/h10H,5-9,18H2,1-4H3,(H,19,22). The summed E-state index contributed by atoms with van der Waals surface area (Å²) >= 11 is 0. The van der Waals surface area contributed by atoms with Crippen molar-refractivity contribution >= 4 is 5.91 Å². The molecule has 3 N–H and O–H groups in total. The monoisotopic (exact) mass is 316 g/mol. The zero-order valence-corrected chi connectivity index (χ0v) is 13.7. The summed E-state index contributed by atoms with van der Waals surface area (Å²) in [5.74, 6) is -2.97. The van der Waals surface area contributed by atoms with Gasteiger partial charge in [-0.3, -0.25) is 9.48 Å². The smallest absolute Gasteiger partial charge is 0.277 e. The number of alkyl halides is 2. The molecule has 0 saturated carbocycles. The normalized spacial score (nSPS) is 12.0. The quantitative estimate of drug-likeness (QED) is 0.768. The Hall–Kier alpha value is -1.50. The Morgan fingerprint density at radius 1 is 1.41 bits per heavy atom. The van der Waals surface area contributed by atoms with Gasteiger partial charge in [-0.1, -0.05) is 13.8 Å². The van der Waals surface area contributed by atoms with Gasteiger partial charge in [0.05, 0.1) is 18.8 Å². The molecule has 1 aromatic rings. The average Bonchev–Trinajstić information content (AvgIpc) is 2.68. The number of aromatic nitrogens is 2. The lowest BCUT2D eigenvalue weighted by Gasteiger charge is -2.14. The van der Waals surface area contributed by atoms with E-state index >= 15 is 0 Å². The van der Waals surface area contributed by atoms with Crippen LogP contribution in [-0.2, 0) is 17.8 Å². The lowest BCUT2D eigenvalue weighted by atomic mass is 10.1. The van der Waals surface area contributed by atoms with Gasteiger partial charge in [-0.05, 0) is 31.7 Å². The molecule has 1 heterocycles. The van der Waals surface area contributed by atoms with Gasteiger partial charge in [0.2, 0.25) is 5.91 Å². The number of carbonyl (C=O) groups is 1. The molecule has 0 aliphatic heterocycles. The highest BCUT2D eigenvalue weighted by Gasteiger charge is 2.27. The maximum absolute atomic E-state index is 13.0. The van der Waals surface area contributed by atoms with Crippen LogP contribution in [0.3, 0.4) is 0 Å². The van der Waals surface area contributed by atoms with Crippen molar-refractivity contribution in [1.82, 2.24) is 15.1 Å². The minimum Gasteiger partial charge on any atom is -0.350 e. The number of hydrogen-bond donors (Lipinski definition) is 2. The highest BCUT2D eigenvalue weighted by atomic mass is 19.3. The third-order valence-corrected chi connectivity index (χ3v) is 3.51. The van der Waals surface area contributed by atoms with Crippen molar-refractivity contribution in [2.45, 2.75) is 53.0 Å². The van der Waals surface area contributed by atoms with Crippen LogP contribution in [0.25, 0.3) is 0 Å². The van der Waals surface area contributed by atoms with Crippen LogP contribution >= 0.6 is 0 Å². The van der Waals surface area contributed by atoms with Gasteiger partial charge in [-0.2, -0.15) is 5.10 Å². The van der Waals surface area contributed by atoms with Crippen molar-refractivity contribution in [3.8, 4) is 0 Å². The van der Waals surface area contributed by atoms with E-state index in [4.69, 9.17) is 5.73 Å². The van der Waals surface area contributed by atoms with E-state index in [1.54, 1.807) is 0 Å². The summed E-state index contributed by atoms with van der Waals surface area (Å²) in [6.07, 6.45) is 0.658. The molecule has 0 aliphatic rings. The number of hydrogen-bond acceptors (Lipinski definition) is 3. The number of amides is 1. The Morgan fingerprint density at radius 2 is 2.05 bits per heavy atom. The zero-order chi connectivity index (χ0) is 16.9. The SMILES string of the molecule is Cc1nn(CC(C)C)c(C)c1CCC(=O)NCC(F)(F)CN. The molecule has 0 bridgehead atoms. The molecule has 1 rings (SSSR count). The first kappa shape index (κ1) is 18.5. The van der Waals surface area contributed by atoms with Crippen LogP contribution in [-0.4, -0.2) is 34.7 Å². The molecule has 0 aliphatic carbocycles. The van der Waals surface area contributed by atoms with Crippen LogP contribution in [0, 0.1) is 19.8 Å². The van der Waals surface area contributed by atoms with E-state index < -0.39 is 24.9 Å². The average molecular weight is 316 g/mol. The maximum atomic E-state index is 13.0. The number of carbonyl (C=O) groups excluding carboxylic acids is 1. The van der Waals surface area contributed by atoms with Gasteiger partial charge in [0.25, 0.3) is 5.92 Å². The summed E-state index contributed by atoms with van der Waals surface area (Å²) in [6, 6.07) is 0. The van der Waals surface area contributed by atoms with Crippen molar-refractivity contribution < 1.29 is 13.6 Å². The second-order valence-corrected chi connectivity index (χ2v) is 6.06. The first-order valence-corrected chi connectivity index (χ1v) is 7.53. The largest absolute Gasteiger partial charge is 0.350 e. The number of halogens is 2. The zero-order valence-electron chi connectivity index (χ0n) is 13.7. The fraction of sp³-hybridized carbons (Fsp3) is 0.733. The molecule has 1 aromatic heterocycles. The van der Waals surface area contributed by atoms with E-state index in [1.807, 2.05) is 18.5 Å². The molecule has 5 nitrogen and oxygen atoms in total. The number of nitrogens with zero attached hydrogens (tertiary/aromatic N) is 2. The second-order valence-electron chi connectivity index (χ2n) is 6.06. The number of nitrogens with one attached hydrogen (secondary N) is 1. The van der Waals surface area contributed by atoms with Crippen molar-refractivity contribution in [1.29, 1.82) is 0 Å². The van der Waals surface area contributed by atoms with E-state index in [9.17, 15) is 13.6 Å². The van der Waals surface area contributed by atoms with Gasteiger partial charge in [-0.15, -0.1) is 0 Å². The molecule has 0 atom stereocenters. The van der Waals surface area contributed by atoms with Crippen LogP contribution in [0.1, 0.15) is 37.2 Å². The van der Waals surface area contributed by atoms with Gasteiger partial charge in [-0.25, -0.2) is 8.78 Å². The van der Waals surface area contributed by atoms with E-state index in [-0.39, 0.29) is 6.42 Å². The fourth-order valence-corrected chi connectivity index (χ4v) is 2.25. The Bertz CT molecular complexity index is 512. The van der Waals surface area contributed by atoms with E-state index in [0.29, 0.717) is 12.3 Å². The van der Waals surface area contributed by atoms with Gasteiger partial charge in [0, 0.05) is 18.7 Å². The highest BCUT2D eigenvalue weighted by Crippen LogP contribution is 2.16. The van der Waals surface area contributed by atoms with Gasteiger partial charge in [0.1, 0.15) is 0 Å². The molecule has 0 radical (unpaired) electrons. The topological polar surface area (TPSA) is 72.9 Å². The van der Waals surface area contributed by atoms with Crippen LogP contribution in [0.4, 0.5) is 8.78 Å². The third-order valence-electron chi connectivity index (χ3n) is 3.51. The van der Waals surface area contributed by atoms with Gasteiger partial charge < -0.3 is 11.1 Å². The predicted octanol–water partition coefficient (Wildman–Crippen LogP) is 1.80. The number of nitrogens with two attached hydrogens (primary N) is 1. The van der Waals surface area contributed by atoms with Gasteiger partial charge >= 0.3 is 0 Å². The molecule has 0 aromatic carbocycles. The molecule has 0 spiro atoms. The van der Waals surface area contributed by atoms with Crippen LogP contribution in [0.5, 0.6) is 0 Å². The van der Waals surface area contributed by atoms with Crippen molar-refractivity contribution in [2.24, 2.45) is 11.7 Å². The lowest BCUT2D eigenvalue weighted by molar-refractivity contribution is -0.122. The van der Waals surface area contributed by atoms with E-state index in [1.165, 1.54) is 0 Å². The summed E-state index contributed by atoms with van der Waals surface area (Å²) in [7, 11) is 0. The summed E-state index contributed by atoms with van der Waals surface area (Å²) in [4.78, 5) is 11.7. The van der Waals surface area contributed by atoms with E-state index in [0.717, 1.165) is 23.5 Å². The second kappa shape index (κ2) is 7.67. The first-order chi connectivity index (χ1) is 10.2. The third kappa shape index (κ3) is 5.36. The molecule has 126 valence electrons. The summed E-state index contributed by atoms with van der Waals surface area (Å²) in [5.41, 5.74) is 7.86. The van der Waals surface area contributed by atoms with Crippen molar-refractivity contribution in [3.05, 3.63) is 17.0 Å². The van der Waals surface area contributed by atoms with Crippen LogP contribution in [0.2, 0.25) is 0 Å². The molecule has 0 unspecified atom stereocenters. The Morgan fingerprint density at radius 3 is 2.59 bits per heavy atom. The number of aryl methyl sites for hydroxylation is 1. The Balaban J connectivity index is 2.58. The van der Waals surface area contributed by atoms with Crippen LogP contribution in [0.15, 0.2) is 0 Å². The Kier molecular flexibility index (Phi) is 6.47. The lowest BCUT2D eigenvalue weighted by Crippen LogP contribution is -2.41. The van der Waals surface area contributed by atoms with Crippen molar-refractivity contribution in [2.75, 3.05) is 13.1 Å². The Labute approximate surface area is 130 Å². The minimum atomic E-state index is -3.05. The summed E-state index contributed by atoms with van der Waals surface area (Å²) in [5, 5.41) is 6.70. The predicted molar refractivity (Wildman–Crippen MR) is 81.9 cm³/mol. The molecular weight excluding hydrogens is 290 g/mol. The summed E-state index contributed by atoms with van der Waals surface area (Å²) in [6.45, 7) is 7.43. The fourth-order valence-electron chi connectivity index (χ4n) is 2.25. The van der Waals surface area contributed by atoms with Gasteiger partial charge in [0.15, 0.2) is 0 Å². The number of rotatable bonds is 8. The molecule has 0 saturated heterocycles. The molecular formula is C15H26F2N4O. The van der Waals surface area contributed by atoms with Crippen LogP contribution < -0.4 is 11.1 Å². The first-order valence-electron chi connectivity index (χ1n) is 7.53.